The number of nitrogens with zero attached hydrogens (tertiary/aromatic N) is 3. The van der Waals surface area contributed by atoms with E-state index in [2.05, 4.69) is 53.4 Å². The molecule has 0 aliphatic heterocycles. The number of oxime groups is 1. The van der Waals surface area contributed by atoms with Gasteiger partial charge in [-0.15, -0.1) is 34.0 Å². The van der Waals surface area contributed by atoms with Crippen molar-refractivity contribution >= 4 is 93.9 Å². The third kappa shape index (κ3) is 4.05. The molecule has 2 N–H and O–H groups in total. The highest BCUT2D eigenvalue weighted by atomic mass is 79.9. The van der Waals surface area contributed by atoms with E-state index in [0.29, 0.717) is 17.6 Å². The lowest BCUT2D eigenvalue weighted by molar-refractivity contribution is 0.315. The van der Waals surface area contributed by atoms with Crippen LogP contribution in [-0.2, 0) is 0 Å². The van der Waals surface area contributed by atoms with E-state index in [4.69, 9.17) is 10.0 Å². The number of hydrogen-bond donors (Lipinski definition) is 2. The fraction of sp³-hybridized carbons (Fsp3) is 0.0833. The van der Waals surface area contributed by atoms with Gasteiger partial charge in [0.2, 0.25) is 0 Å². The fourth-order valence-electron chi connectivity index (χ4n) is 4.22. The lowest BCUT2D eigenvalue weighted by Crippen LogP contribution is -2.26. The summed E-state index contributed by atoms with van der Waals surface area (Å²) in [6, 6.07) is 16.2. The van der Waals surface area contributed by atoms with Crippen molar-refractivity contribution in [3.8, 4) is 20.9 Å². The second-order valence-electron chi connectivity index (χ2n) is 7.80. The fourth-order valence-corrected chi connectivity index (χ4v) is 8.22. The number of rotatable bonds is 4. The van der Waals surface area contributed by atoms with Crippen molar-refractivity contribution in [3.63, 3.8) is 0 Å². The van der Waals surface area contributed by atoms with E-state index in [-0.39, 0.29) is 11.6 Å². The predicted octanol–water partition coefficient (Wildman–Crippen LogP) is 8.69. The molecule has 4 heterocycles. The van der Waals surface area contributed by atoms with Crippen molar-refractivity contribution < 1.29 is 9.84 Å². The van der Waals surface area contributed by atoms with E-state index in [1.54, 1.807) is 34.0 Å². The SMILES string of the molecule is N=C1C(c2ccc(Br)s2)=CCC(c2ccc(-c3ccc(-c4ccc(Br)s4)c4nonc34)s2)/C1=N/O. The highest BCUT2D eigenvalue weighted by Gasteiger charge is 2.31. The van der Waals surface area contributed by atoms with E-state index in [9.17, 15) is 5.21 Å². The van der Waals surface area contributed by atoms with E-state index in [0.717, 1.165) is 49.3 Å². The molecule has 11 heteroatoms. The summed E-state index contributed by atoms with van der Waals surface area (Å²) < 4.78 is 7.18. The van der Waals surface area contributed by atoms with Crippen LogP contribution in [-0.4, -0.2) is 26.9 Å². The molecule has 174 valence electrons. The molecule has 1 atom stereocenters. The minimum Gasteiger partial charge on any atom is -0.411 e. The number of fused-ring (bicyclic) bond motifs is 1. The molecule has 1 aliphatic rings. The molecule has 0 fully saturated rings. The number of allylic oxidation sites excluding steroid dienone is 2. The van der Waals surface area contributed by atoms with Crippen molar-refractivity contribution in [3.05, 3.63) is 71.9 Å². The van der Waals surface area contributed by atoms with Crippen molar-refractivity contribution in [1.82, 2.24) is 10.3 Å². The molecular formula is C24H14Br2N4O2S3. The Bertz CT molecular complexity index is 1660. The molecule has 1 aliphatic carbocycles. The molecule has 0 spiro atoms. The maximum absolute atomic E-state index is 9.83. The van der Waals surface area contributed by atoms with Crippen LogP contribution in [0, 0.1) is 5.41 Å². The summed E-state index contributed by atoms with van der Waals surface area (Å²) >= 11 is 11.8. The number of aromatic nitrogens is 2. The lowest BCUT2D eigenvalue weighted by Gasteiger charge is -2.22. The quantitative estimate of drug-likeness (QED) is 0.151. The summed E-state index contributed by atoms with van der Waals surface area (Å²) in [5.41, 5.74) is 4.77. The Morgan fingerprint density at radius 2 is 1.46 bits per heavy atom. The van der Waals surface area contributed by atoms with Crippen molar-refractivity contribution in [2.75, 3.05) is 0 Å². The topological polar surface area (TPSA) is 95.4 Å². The number of halogens is 2. The van der Waals surface area contributed by atoms with Gasteiger partial charge in [-0.1, -0.05) is 23.4 Å². The molecule has 0 amide bonds. The zero-order chi connectivity index (χ0) is 24.1. The van der Waals surface area contributed by atoms with Crippen LogP contribution in [0.5, 0.6) is 0 Å². The lowest BCUT2D eigenvalue weighted by atomic mass is 9.84. The van der Waals surface area contributed by atoms with Gasteiger partial charge in [0.25, 0.3) is 0 Å². The normalized spacial score (nSPS) is 17.4. The van der Waals surface area contributed by atoms with Crippen LogP contribution in [0.3, 0.4) is 0 Å². The van der Waals surface area contributed by atoms with Gasteiger partial charge in [-0.25, -0.2) is 4.63 Å². The Labute approximate surface area is 228 Å². The number of benzene rings is 1. The predicted molar refractivity (Wildman–Crippen MR) is 150 cm³/mol. The minimum absolute atomic E-state index is 0.188. The highest BCUT2D eigenvalue weighted by molar-refractivity contribution is 9.11. The molecule has 4 aromatic heterocycles. The zero-order valence-corrected chi connectivity index (χ0v) is 23.3. The maximum Gasteiger partial charge on any atom is 0.144 e. The maximum atomic E-state index is 9.83. The van der Waals surface area contributed by atoms with Gasteiger partial charge in [0.15, 0.2) is 0 Å². The van der Waals surface area contributed by atoms with Gasteiger partial charge in [-0.3, -0.25) is 5.41 Å². The Hall–Kier alpha value is -2.44. The monoisotopic (exact) mass is 644 g/mol. The van der Waals surface area contributed by atoms with E-state index < -0.39 is 0 Å². The van der Waals surface area contributed by atoms with E-state index in [1.165, 1.54) is 0 Å². The molecule has 5 aromatic rings. The van der Waals surface area contributed by atoms with Crippen molar-refractivity contribution in [2.45, 2.75) is 12.3 Å². The van der Waals surface area contributed by atoms with E-state index >= 15 is 0 Å². The molecule has 0 saturated carbocycles. The van der Waals surface area contributed by atoms with Crippen LogP contribution in [0.25, 0.3) is 37.5 Å². The molecular weight excluding hydrogens is 632 g/mol. The van der Waals surface area contributed by atoms with Crippen molar-refractivity contribution in [1.29, 1.82) is 5.41 Å². The molecule has 1 unspecified atom stereocenters. The van der Waals surface area contributed by atoms with Gasteiger partial charge in [-0.05, 0) is 85.0 Å². The van der Waals surface area contributed by atoms with Gasteiger partial charge in [-0.2, -0.15) is 0 Å². The first-order valence-corrected chi connectivity index (χ1v) is 14.4. The highest BCUT2D eigenvalue weighted by Crippen LogP contribution is 2.43. The first-order chi connectivity index (χ1) is 17.0. The molecule has 6 rings (SSSR count). The Balaban J connectivity index is 1.36. The smallest absolute Gasteiger partial charge is 0.144 e. The summed E-state index contributed by atoms with van der Waals surface area (Å²) in [5.74, 6) is -0.188. The van der Waals surface area contributed by atoms with Crippen LogP contribution < -0.4 is 0 Å². The summed E-state index contributed by atoms with van der Waals surface area (Å²) in [4.78, 5) is 4.10. The van der Waals surface area contributed by atoms with Crippen LogP contribution in [0.15, 0.2) is 72.0 Å². The van der Waals surface area contributed by atoms with Gasteiger partial charge >= 0.3 is 0 Å². The number of thiophene rings is 3. The van der Waals surface area contributed by atoms with E-state index in [1.807, 2.05) is 48.5 Å². The Kier molecular flexibility index (Phi) is 6.05. The first-order valence-electron chi connectivity index (χ1n) is 10.4. The zero-order valence-electron chi connectivity index (χ0n) is 17.7. The number of nitrogens with one attached hydrogen (secondary N) is 1. The van der Waals surface area contributed by atoms with Crippen LogP contribution in [0.2, 0.25) is 0 Å². The average Bonchev–Trinajstić information content (AvgIpc) is 3.65. The van der Waals surface area contributed by atoms with Gasteiger partial charge < -0.3 is 5.21 Å². The largest absolute Gasteiger partial charge is 0.411 e. The first kappa shape index (κ1) is 23.0. The molecule has 1 aromatic carbocycles. The molecule has 0 saturated heterocycles. The molecule has 0 bridgehead atoms. The van der Waals surface area contributed by atoms with Gasteiger partial charge in [0.05, 0.1) is 13.3 Å². The summed E-state index contributed by atoms with van der Waals surface area (Å²) in [7, 11) is 0. The van der Waals surface area contributed by atoms with Crippen LogP contribution >= 0.6 is 65.9 Å². The standard InChI is InChI=1S/C24H14Br2N4O2S3/c25-19-9-7-15(34-19)11-1-2-12(22(28-31)21(11)27)16-5-6-17(33-16)13-3-4-14(18-8-10-20(26)35-18)24-23(13)29-32-30-24/h1,3-10,12,27,31H,2H2/b27-21?,28-22-. The minimum atomic E-state index is -0.188. The molecule has 6 nitrogen and oxygen atoms in total. The van der Waals surface area contributed by atoms with Crippen molar-refractivity contribution in [2.24, 2.45) is 5.16 Å². The second kappa shape index (κ2) is 9.21. The second-order valence-corrected chi connectivity index (χ2v) is 13.8. The average molecular weight is 646 g/mol. The van der Waals surface area contributed by atoms with Crippen LogP contribution in [0.1, 0.15) is 22.1 Å². The summed E-state index contributed by atoms with van der Waals surface area (Å²) in [6.07, 6.45) is 2.72. The molecule has 0 radical (unpaired) electrons. The van der Waals surface area contributed by atoms with Gasteiger partial charge in [0.1, 0.15) is 16.7 Å². The molecule has 35 heavy (non-hydrogen) atoms. The Morgan fingerprint density at radius 3 is 2.06 bits per heavy atom. The summed E-state index contributed by atoms with van der Waals surface area (Å²) in [6.45, 7) is 0. The van der Waals surface area contributed by atoms with Gasteiger partial charge in [0, 0.05) is 42.1 Å². The van der Waals surface area contributed by atoms with Crippen LogP contribution in [0.4, 0.5) is 0 Å². The third-order valence-electron chi connectivity index (χ3n) is 5.85. The third-order valence-corrected chi connectivity index (χ3v) is 10.4. The number of hydrogen-bond acceptors (Lipinski definition) is 9. The Morgan fingerprint density at radius 1 is 0.857 bits per heavy atom. The summed E-state index contributed by atoms with van der Waals surface area (Å²) in [5, 5.41) is 30.5.